The molecule has 0 aromatic rings. The minimum Gasteiger partial charge on any atom is -0.454 e. The Morgan fingerprint density at radius 3 is 2.57 bits per heavy atom. The van der Waals surface area contributed by atoms with E-state index in [9.17, 15) is 19.8 Å². The van der Waals surface area contributed by atoms with Crippen molar-refractivity contribution in [3.05, 3.63) is 12.7 Å². The summed E-state index contributed by atoms with van der Waals surface area (Å²) in [6.07, 6.45) is 3.32. The lowest BCUT2D eigenvalue weighted by atomic mass is 9.43. The number of hydrogen-bond acceptors (Lipinski definition) is 5. The summed E-state index contributed by atoms with van der Waals surface area (Å²) in [4.78, 5) is 25.4. The molecule has 28 heavy (non-hydrogen) atoms. The fourth-order valence-corrected chi connectivity index (χ4v) is 6.94. The molecule has 5 N–H and O–H groups in total. The van der Waals surface area contributed by atoms with Gasteiger partial charge in [0.2, 0.25) is 0 Å². The van der Waals surface area contributed by atoms with E-state index in [4.69, 9.17) is 4.74 Å². The van der Waals surface area contributed by atoms with Crippen LogP contribution in [0, 0.1) is 34.0 Å². The molecule has 3 aliphatic carbocycles. The molecule has 6 heteroatoms. The summed E-state index contributed by atoms with van der Waals surface area (Å²) in [5, 5.41) is 20.8. The van der Waals surface area contributed by atoms with Crippen molar-refractivity contribution in [2.45, 2.75) is 71.6 Å². The fraction of sp³-hybridized carbons (Fsp3) is 0.818. The second-order valence-electron chi connectivity index (χ2n) is 9.92. The zero-order chi connectivity index (χ0) is 21.1. The van der Waals surface area contributed by atoms with E-state index < -0.39 is 41.7 Å². The van der Waals surface area contributed by atoms with Gasteiger partial charge in [-0.1, -0.05) is 26.8 Å². The Morgan fingerprint density at radius 1 is 1.36 bits per heavy atom. The lowest BCUT2D eigenvalue weighted by Crippen LogP contribution is -2.81. The van der Waals surface area contributed by atoms with Crippen LogP contribution in [-0.2, 0) is 14.3 Å². The normalized spacial score (nSPS) is 51.0. The number of rotatable bonds is 3. The van der Waals surface area contributed by atoms with E-state index in [1.165, 1.54) is 0 Å². The van der Waals surface area contributed by atoms with Gasteiger partial charge in [0.15, 0.2) is 6.10 Å². The van der Waals surface area contributed by atoms with Gasteiger partial charge in [0, 0.05) is 17.8 Å². The maximum absolute atomic E-state index is 13.2. The number of esters is 1. The lowest BCUT2D eigenvalue weighted by Gasteiger charge is -2.62. The number of ether oxygens (including phenoxy) is 1. The van der Waals surface area contributed by atoms with Crippen LogP contribution in [0.25, 0.3) is 0 Å². The molecule has 3 saturated carbocycles. The van der Waals surface area contributed by atoms with Crippen LogP contribution in [0.2, 0.25) is 0 Å². The van der Waals surface area contributed by atoms with Crippen LogP contribution in [0.1, 0.15) is 53.4 Å². The maximum atomic E-state index is 13.2. The van der Waals surface area contributed by atoms with E-state index in [-0.39, 0.29) is 29.0 Å². The van der Waals surface area contributed by atoms with Crippen molar-refractivity contribution in [1.82, 2.24) is 0 Å². The largest absolute Gasteiger partial charge is 0.454 e. The molecule has 2 bridgehead atoms. The van der Waals surface area contributed by atoms with Gasteiger partial charge in [-0.05, 0) is 43.4 Å². The highest BCUT2D eigenvalue weighted by Gasteiger charge is 2.70. The van der Waals surface area contributed by atoms with E-state index in [1.807, 2.05) is 6.92 Å². The summed E-state index contributed by atoms with van der Waals surface area (Å²) >= 11 is 0. The molecule has 6 nitrogen and oxygen atoms in total. The van der Waals surface area contributed by atoms with Gasteiger partial charge >= 0.3 is 5.97 Å². The number of quaternary nitrogens is 1. The molecule has 3 aliphatic rings. The van der Waals surface area contributed by atoms with Gasteiger partial charge < -0.3 is 20.7 Å². The van der Waals surface area contributed by atoms with Crippen LogP contribution in [0.15, 0.2) is 12.7 Å². The van der Waals surface area contributed by atoms with Crippen LogP contribution < -0.4 is 5.73 Å². The van der Waals surface area contributed by atoms with Gasteiger partial charge in [0.05, 0.1) is 11.5 Å². The molecule has 0 radical (unpaired) electrons. The molecule has 3 rings (SSSR count). The first-order valence-corrected chi connectivity index (χ1v) is 10.5. The van der Waals surface area contributed by atoms with Crippen molar-refractivity contribution in [2.24, 2.45) is 34.0 Å². The number of hydrogen-bond donors (Lipinski definition) is 3. The molecular formula is C22H36NO5+. The summed E-state index contributed by atoms with van der Waals surface area (Å²) in [5.41, 5.74) is 2.63. The van der Waals surface area contributed by atoms with E-state index in [1.54, 1.807) is 6.08 Å². The smallest absolute Gasteiger partial charge is 0.332 e. The molecule has 158 valence electrons. The molecule has 9 atom stereocenters. The van der Waals surface area contributed by atoms with Gasteiger partial charge in [-0.2, -0.15) is 0 Å². The summed E-state index contributed by atoms with van der Waals surface area (Å²) in [6, 6.07) is -0.505. The first-order valence-electron chi connectivity index (χ1n) is 10.5. The molecule has 0 spiro atoms. The first-order chi connectivity index (χ1) is 13.0. The average Bonchev–Trinajstić information content (AvgIpc) is 3.04. The fourth-order valence-electron chi connectivity index (χ4n) is 6.94. The van der Waals surface area contributed by atoms with E-state index in [0.29, 0.717) is 6.42 Å². The number of aliphatic hydroxyl groups excluding tert-OH is 2. The Labute approximate surface area is 167 Å². The van der Waals surface area contributed by atoms with Gasteiger partial charge in [-0.25, -0.2) is 4.79 Å². The zero-order valence-corrected chi connectivity index (χ0v) is 17.6. The first kappa shape index (κ1) is 21.5. The Morgan fingerprint density at radius 2 is 2.00 bits per heavy atom. The third kappa shape index (κ3) is 2.57. The van der Waals surface area contributed by atoms with Crippen molar-refractivity contribution in [1.29, 1.82) is 0 Å². The lowest BCUT2D eigenvalue weighted by molar-refractivity contribution is -0.479. The number of Topliss-reactive ketones (excluding diaryl/α,β-unsaturated/α-hetero) is 1. The second kappa shape index (κ2) is 6.92. The highest BCUT2D eigenvalue weighted by molar-refractivity contribution is 5.85. The van der Waals surface area contributed by atoms with Crippen molar-refractivity contribution < 1.29 is 30.3 Å². The van der Waals surface area contributed by atoms with Crippen molar-refractivity contribution in [2.75, 3.05) is 6.61 Å². The third-order valence-corrected chi connectivity index (χ3v) is 9.08. The summed E-state index contributed by atoms with van der Waals surface area (Å²) in [5.74, 6) is -0.762. The van der Waals surface area contributed by atoms with Crippen LogP contribution in [-0.4, -0.2) is 46.8 Å². The predicted molar refractivity (Wildman–Crippen MR) is 104 cm³/mol. The van der Waals surface area contributed by atoms with E-state index in [0.717, 1.165) is 19.3 Å². The predicted octanol–water partition coefficient (Wildman–Crippen LogP) is 1.11. The van der Waals surface area contributed by atoms with Gasteiger partial charge in [-0.3, -0.25) is 4.79 Å². The number of carbonyl (C=O) groups is 2. The average molecular weight is 395 g/mol. The van der Waals surface area contributed by atoms with Crippen LogP contribution >= 0.6 is 0 Å². The Kier molecular flexibility index (Phi) is 5.31. The van der Waals surface area contributed by atoms with Crippen LogP contribution in [0.5, 0.6) is 0 Å². The van der Waals surface area contributed by atoms with Crippen LogP contribution in [0.3, 0.4) is 0 Å². The van der Waals surface area contributed by atoms with Gasteiger partial charge in [0.1, 0.15) is 18.4 Å². The highest BCUT2D eigenvalue weighted by atomic mass is 16.6. The van der Waals surface area contributed by atoms with Crippen molar-refractivity contribution >= 4 is 11.8 Å². The number of carbonyl (C=O) groups excluding carboxylic acids is 2. The topological polar surface area (TPSA) is 111 Å². The molecule has 0 heterocycles. The van der Waals surface area contributed by atoms with Crippen molar-refractivity contribution in [3.8, 4) is 0 Å². The van der Waals surface area contributed by atoms with Gasteiger partial charge in [0.25, 0.3) is 0 Å². The molecule has 0 unspecified atom stereocenters. The van der Waals surface area contributed by atoms with E-state index in [2.05, 4.69) is 33.1 Å². The maximum Gasteiger partial charge on any atom is 0.332 e. The Hall–Kier alpha value is -1.24. The minimum absolute atomic E-state index is 0.0995. The molecule has 0 aromatic carbocycles. The third-order valence-electron chi connectivity index (χ3n) is 9.08. The number of ketones is 1. The molecule has 0 aromatic heterocycles. The SMILES string of the molecule is C=C[C@@]1(C)[C@H]([NH3+])[C@@H](OC(=O)CO)[C@]2(C)[C@H](C)CC[C@]3(CCC(=O)[C@H]32)[C@@H](C)[C@@H]1O. The highest BCUT2D eigenvalue weighted by Crippen LogP contribution is 2.67. The monoisotopic (exact) mass is 394 g/mol. The molecule has 0 aliphatic heterocycles. The number of aliphatic hydroxyl groups is 2. The quantitative estimate of drug-likeness (QED) is 0.490. The zero-order valence-electron chi connectivity index (χ0n) is 17.6. The molecular weight excluding hydrogens is 358 g/mol. The molecule has 0 amide bonds. The molecule has 3 fully saturated rings. The van der Waals surface area contributed by atoms with E-state index >= 15 is 0 Å². The van der Waals surface area contributed by atoms with Crippen molar-refractivity contribution in [3.63, 3.8) is 0 Å². The Balaban J connectivity index is 2.27. The van der Waals surface area contributed by atoms with Crippen LogP contribution in [0.4, 0.5) is 0 Å². The second-order valence-corrected chi connectivity index (χ2v) is 9.92. The summed E-state index contributed by atoms with van der Waals surface area (Å²) in [6.45, 7) is 11.4. The molecule has 0 saturated heterocycles. The minimum atomic E-state index is -0.790. The standard InChI is InChI=1S/C22H35NO5/c1-6-20(4)17(23)19(28-15(26)11-24)21(5)12(2)7-9-22(13(3)18(20)27)10-8-14(25)16(21)22/h6,12-13,16-19,24,27H,1,7-11,23H2,2-5H3/p+1/t12-,13+,16+,17-,18+,19-,20+,21-,22+/m1/s1. The summed E-state index contributed by atoms with van der Waals surface area (Å²) in [7, 11) is 0. The van der Waals surface area contributed by atoms with Gasteiger partial charge in [-0.15, -0.1) is 6.58 Å². The summed E-state index contributed by atoms with van der Waals surface area (Å²) < 4.78 is 5.82. The Bertz CT molecular complexity index is 680.